The van der Waals surface area contributed by atoms with Crippen LogP contribution in [0.3, 0.4) is 0 Å². The van der Waals surface area contributed by atoms with Crippen molar-refractivity contribution in [1.82, 2.24) is 9.80 Å². The van der Waals surface area contributed by atoms with E-state index in [1.165, 1.54) is 0 Å². The summed E-state index contributed by atoms with van der Waals surface area (Å²) in [5.74, 6) is 0. The van der Waals surface area contributed by atoms with Gasteiger partial charge in [0.15, 0.2) is 0 Å². The van der Waals surface area contributed by atoms with E-state index in [0.717, 1.165) is 25.1 Å². The third-order valence-electron chi connectivity index (χ3n) is 3.94. The molecule has 1 atom stereocenters. The number of hydrogen-bond acceptors (Lipinski definition) is 4. The number of nitrogens with zero attached hydrogens (tertiary/aromatic N) is 2. The minimum absolute atomic E-state index is 0.156. The summed E-state index contributed by atoms with van der Waals surface area (Å²) in [6, 6.07) is 10.0. The van der Waals surface area contributed by atoms with Crippen LogP contribution >= 0.6 is 0 Å². The highest BCUT2D eigenvalue weighted by atomic mass is 16.6. The van der Waals surface area contributed by atoms with Crippen molar-refractivity contribution in [2.45, 2.75) is 26.0 Å². The minimum Gasteiger partial charge on any atom is -0.445 e. The molecule has 5 nitrogen and oxygen atoms in total. The SMILES string of the molecule is CCN(CCO)C1CCN(C(=O)OCc2ccccc2)C1. The molecule has 1 aromatic rings. The standard InChI is InChI=1S/C16H24N2O3/c1-2-17(10-11-19)15-8-9-18(12-15)16(20)21-13-14-6-4-3-5-7-14/h3-7,15,19H,2,8-13H2,1H3. The monoisotopic (exact) mass is 292 g/mol. The molecule has 21 heavy (non-hydrogen) atoms. The van der Waals surface area contributed by atoms with Gasteiger partial charge in [0.05, 0.1) is 6.61 Å². The van der Waals surface area contributed by atoms with Gasteiger partial charge in [-0.25, -0.2) is 4.79 Å². The number of likely N-dealkylation sites (tertiary alicyclic amines) is 1. The van der Waals surface area contributed by atoms with E-state index in [0.29, 0.717) is 25.7 Å². The molecule has 116 valence electrons. The fourth-order valence-electron chi connectivity index (χ4n) is 2.74. The molecule has 0 aliphatic carbocycles. The van der Waals surface area contributed by atoms with Crippen LogP contribution in [-0.4, -0.2) is 59.8 Å². The smallest absolute Gasteiger partial charge is 0.410 e. The first-order chi connectivity index (χ1) is 10.2. The van der Waals surface area contributed by atoms with Crippen LogP contribution in [-0.2, 0) is 11.3 Å². The van der Waals surface area contributed by atoms with E-state index in [1.54, 1.807) is 4.90 Å². The number of likely N-dealkylation sites (N-methyl/N-ethyl adjacent to an activating group) is 1. The summed E-state index contributed by atoms with van der Waals surface area (Å²) in [6.07, 6.45) is 0.690. The predicted molar refractivity (Wildman–Crippen MR) is 80.9 cm³/mol. The zero-order chi connectivity index (χ0) is 15.1. The lowest BCUT2D eigenvalue weighted by molar-refractivity contribution is 0.0987. The van der Waals surface area contributed by atoms with Crippen LogP contribution in [0.15, 0.2) is 30.3 Å². The van der Waals surface area contributed by atoms with Gasteiger partial charge in [-0.1, -0.05) is 37.3 Å². The van der Waals surface area contributed by atoms with Crippen molar-refractivity contribution in [2.24, 2.45) is 0 Å². The Kier molecular flexibility index (Phi) is 6.02. The predicted octanol–water partition coefficient (Wildman–Crippen LogP) is 1.71. The van der Waals surface area contributed by atoms with E-state index in [9.17, 15) is 4.79 Å². The molecule has 5 heteroatoms. The number of amides is 1. The van der Waals surface area contributed by atoms with Gasteiger partial charge in [0.2, 0.25) is 0 Å². The molecule has 1 aromatic carbocycles. The maximum atomic E-state index is 12.1. The highest BCUT2D eigenvalue weighted by Crippen LogP contribution is 2.16. The third-order valence-corrected chi connectivity index (χ3v) is 3.94. The van der Waals surface area contributed by atoms with Gasteiger partial charge in [-0.15, -0.1) is 0 Å². The second-order valence-corrected chi connectivity index (χ2v) is 5.28. The summed E-state index contributed by atoms with van der Waals surface area (Å²) in [5, 5.41) is 9.07. The largest absolute Gasteiger partial charge is 0.445 e. The highest BCUT2D eigenvalue weighted by Gasteiger charge is 2.30. The molecule has 0 aromatic heterocycles. The van der Waals surface area contributed by atoms with Crippen LogP contribution in [0.1, 0.15) is 18.9 Å². The summed E-state index contributed by atoms with van der Waals surface area (Å²) >= 11 is 0. The van der Waals surface area contributed by atoms with Crippen molar-refractivity contribution >= 4 is 6.09 Å². The van der Waals surface area contributed by atoms with E-state index in [4.69, 9.17) is 9.84 Å². The zero-order valence-electron chi connectivity index (χ0n) is 12.6. The number of aliphatic hydroxyl groups excluding tert-OH is 1. The maximum absolute atomic E-state index is 12.1. The molecule has 0 saturated carbocycles. The molecule has 1 fully saturated rings. The summed E-state index contributed by atoms with van der Waals surface area (Å²) in [6.45, 7) is 5.50. The average molecular weight is 292 g/mol. The van der Waals surface area contributed by atoms with Crippen molar-refractivity contribution < 1.29 is 14.6 Å². The van der Waals surface area contributed by atoms with Crippen molar-refractivity contribution in [1.29, 1.82) is 0 Å². The van der Waals surface area contributed by atoms with Crippen LogP contribution in [0.25, 0.3) is 0 Å². The van der Waals surface area contributed by atoms with E-state index >= 15 is 0 Å². The molecule has 0 spiro atoms. The van der Waals surface area contributed by atoms with Crippen molar-refractivity contribution in [3.05, 3.63) is 35.9 Å². The Morgan fingerprint density at radius 1 is 1.43 bits per heavy atom. The molecule has 0 bridgehead atoms. The summed E-state index contributed by atoms with van der Waals surface area (Å²) in [7, 11) is 0. The van der Waals surface area contributed by atoms with Crippen LogP contribution in [0.4, 0.5) is 4.79 Å². The van der Waals surface area contributed by atoms with Gasteiger partial charge in [-0.3, -0.25) is 4.90 Å². The Morgan fingerprint density at radius 2 is 2.19 bits per heavy atom. The van der Waals surface area contributed by atoms with Crippen molar-refractivity contribution in [2.75, 3.05) is 32.8 Å². The maximum Gasteiger partial charge on any atom is 0.410 e. The van der Waals surface area contributed by atoms with E-state index in [2.05, 4.69) is 11.8 Å². The number of hydrogen-bond donors (Lipinski definition) is 1. The topological polar surface area (TPSA) is 53.0 Å². The van der Waals surface area contributed by atoms with Gasteiger partial charge in [0.1, 0.15) is 6.61 Å². The second kappa shape index (κ2) is 8.00. The molecule has 0 radical (unpaired) electrons. The Hall–Kier alpha value is -1.59. The van der Waals surface area contributed by atoms with Crippen LogP contribution < -0.4 is 0 Å². The van der Waals surface area contributed by atoms with E-state index in [1.807, 2.05) is 30.3 Å². The molecular weight excluding hydrogens is 268 g/mol. The van der Waals surface area contributed by atoms with Crippen LogP contribution in [0.5, 0.6) is 0 Å². The summed E-state index contributed by atoms with van der Waals surface area (Å²) in [4.78, 5) is 16.0. The molecule has 1 unspecified atom stereocenters. The molecule has 1 saturated heterocycles. The second-order valence-electron chi connectivity index (χ2n) is 5.28. The lowest BCUT2D eigenvalue weighted by atomic mass is 10.2. The van der Waals surface area contributed by atoms with E-state index < -0.39 is 0 Å². The molecule has 2 rings (SSSR count). The number of carbonyl (C=O) groups excluding carboxylic acids is 1. The Balaban J connectivity index is 1.79. The first-order valence-electron chi connectivity index (χ1n) is 7.55. The van der Waals surface area contributed by atoms with Crippen LogP contribution in [0.2, 0.25) is 0 Å². The van der Waals surface area contributed by atoms with E-state index in [-0.39, 0.29) is 12.7 Å². The number of aliphatic hydroxyl groups is 1. The summed E-state index contributed by atoms with van der Waals surface area (Å²) < 4.78 is 5.35. The number of carbonyl (C=O) groups is 1. The van der Waals surface area contributed by atoms with Crippen LogP contribution in [0, 0.1) is 0 Å². The van der Waals surface area contributed by atoms with Crippen molar-refractivity contribution in [3.8, 4) is 0 Å². The van der Waals surface area contributed by atoms with Gasteiger partial charge < -0.3 is 14.7 Å². The van der Waals surface area contributed by atoms with Gasteiger partial charge in [0.25, 0.3) is 0 Å². The minimum atomic E-state index is -0.249. The van der Waals surface area contributed by atoms with Gasteiger partial charge in [0, 0.05) is 25.7 Å². The molecule has 1 N–H and O–H groups in total. The highest BCUT2D eigenvalue weighted by molar-refractivity contribution is 5.68. The first-order valence-corrected chi connectivity index (χ1v) is 7.55. The fourth-order valence-corrected chi connectivity index (χ4v) is 2.74. The summed E-state index contributed by atoms with van der Waals surface area (Å²) in [5.41, 5.74) is 0.997. The zero-order valence-corrected chi connectivity index (χ0v) is 12.6. The normalized spacial score (nSPS) is 18.2. The Morgan fingerprint density at radius 3 is 2.86 bits per heavy atom. The molecule has 1 aliphatic rings. The molecule has 1 amide bonds. The molecule has 1 aliphatic heterocycles. The van der Waals surface area contributed by atoms with Gasteiger partial charge in [-0.2, -0.15) is 0 Å². The van der Waals surface area contributed by atoms with Gasteiger partial charge >= 0.3 is 6.09 Å². The Labute approximate surface area is 126 Å². The molecule has 1 heterocycles. The number of ether oxygens (including phenoxy) is 1. The molecular formula is C16H24N2O3. The average Bonchev–Trinajstić information content (AvgIpc) is 3.01. The third kappa shape index (κ3) is 4.44. The number of benzene rings is 1. The quantitative estimate of drug-likeness (QED) is 0.867. The van der Waals surface area contributed by atoms with Crippen molar-refractivity contribution in [3.63, 3.8) is 0 Å². The number of rotatable bonds is 6. The first kappa shape index (κ1) is 15.8. The lowest BCUT2D eigenvalue weighted by Crippen LogP contribution is -2.40. The lowest BCUT2D eigenvalue weighted by Gasteiger charge is -2.26. The van der Waals surface area contributed by atoms with Gasteiger partial charge in [-0.05, 0) is 18.5 Å². The Bertz CT molecular complexity index is 438. The fraction of sp³-hybridized carbons (Fsp3) is 0.562.